The number of methoxy groups -OCH3 is 1. The molecule has 1 aromatic rings. The largest absolute Gasteiger partial charge is 0.497 e. The normalized spacial score (nSPS) is 9.00. The molecule has 0 bridgehead atoms. The van der Waals surface area contributed by atoms with Gasteiger partial charge >= 0.3 is 0 Å². The lowest BCUT2D eigenvalue weighted by Gasteiger charge is -2.01. The number of hydrogen-bond acceptors (Lipinski definition) is 1. The SMILES string of the molecule is CCCCCCC#Cc1ccc(OC)cc1C#CI. The zero-order valence-electron chi connectivity index (χ0n) is 11.6. The van der Waals surface area contributed by atoms with Crippen LogP contribution in [0.25, 0.3) is 0 Å². The van der Waals surface area contributed by atoms with Crippen LogP contribution in [0.2, 0.25) is 0 Å². The number of ether oxygens (including phenoxy) is 1. The molecule has 0 unspecified atom stereocenters. The van der Waals surface area contributed by atoms with Crippen LogP contribution in [-0.4, -0.2) is 7.11 Å². The van der Waals surface area contributed by atoms with Gasteiger partial charge in [0.25, 0.3) is 0 Å². The molecule has 2 heteroatoms. The van der Waals surface area contributed by atoms with Gasteiger partial charge < -0.3 is 4.74 Å². The van der Waals surface area contributed by atoms with Gasteiger partial charge in [0, 0.05) is 40.1 Å². The smallest absolute Gasteiger partial charge is 0.120 e. The van der Waals surface area contributed by atoms with E-state index in [0.29, 0.717) is 0 Å². The van der Waals surface area contributed by atoms with Crippen molar-refractivity contribution in [1.29, 1.82) is 0 Å². The van der Waals surface area contributed by atoms with Crippen molar-refractivity contribution in [2.45, 2.75) is 39.0 Å². The summed E-state index contributed by atoms with van der Waals surface area (Å²) in [6.45, 7) is 2.22. The average Bonchev–Trinajstić information content (AvgIpc) is 2.44. The van der Waals surface area contributed by atoms with Crippen LogP contribution in [0.5, 0.6) is 5.75 Å². The Hall–Kier alpha value is -1.13. The molecule has 0 N–H and O–H groups in total. The van der Waals surface area contributed by atoms with Gasteiger partial charge in [0.2, 0.25) is 0 Å². The third-order valence-electron chi connectivity index (χ3n) is 2.79. The molecule has 0 heterocycles. The molecular weight excluding hydrogens is 347 g/mol. The van der Waals surface area contributed by atoms with Crippen LogP contribution < -0.4 is 4.74 Å². The third-order valence-corrected chi connectivity index (χ3v) is 3.06. The van der Waals surface area contributed by atoms with Gasteiger partial charge in [0.1, 0.15) is 5.75 Å². The zero-order chi connectivity index (χ0) is 13.9. The first-order chi connectivity index (χ1) is 9.31. The Bertz CT molecular complexity index is 512. The number of hydrogen-bond donors (Lipinski definition) is 0. The van der Waals surface area contributed by atoms with Gasteiger partial charge in [-0.1, -0.05) is 43.9 Å². The fourth-order valence-corrected chi connectivity index (χ4v) is 2.00. The molecule has 19 heavy (non-hydrogen) atoms. The molecule has 0 atom stereocenters. The zero-order valence-corrected chi connectivity index (χ0v) is 13.7. The van der Waals surface area contributed by atoms with Crippen molar-refractivity contribution in [3.05, 3.63) is 29.3 Å². The molecule has 1 aromatic carbocycles. The monoisotopic (exact) mass is 366 g/mol. The summed E-state index contributed by atoms with van der Waals surface area (Å²) in [5.41, 5.74) is 1.93. The fourth-order valence-electron chi connectivity index (χ4n) is 1.71. The summed E-state index contributed by atoms with van der Waals surface area (Å²) >= 11 is 2.04. The topological polar surface area (TPSA) is 9.23 Å². The molecule has 0 saturated heterocycles. The second kappa shape index (κ2) is 9.75. The maximum Gasteiger partial charge on any atom is 0.120 e. The van der Waals surface area contributed by atoms with E-state index in [1.165, 1.54) is 25.7 Å². The molecule has 0 aliphatic rings. The lowest BCUT2D eigenvalue weighted by atomic mass is 10.1. The highest BCUT2D eigenvalue weighted by Gasteiger charge is 1.99. The Kier molecular flexibility index (Phi) is 8.18. The molecule has 1 rings (SSSR count). The highest BCUT2D eigenvalue weighted by atomic mass is 127. The molecule has 0 amide bonds. The van der Waals surface area contributed by atoms with Crippen molar-refractivity contribution in [2.24, 2.45) is 0 Å². The molecule has 0 aliphatic carbocycles. The van der Waals surface area contributed by atoms with E-state index in [2.05, 4.69) is 28.6 Å². The van der Waals surface area contributed by atoms with E-state index in [9.17, 15) is 0 Å². The highest BCUT2D eigenvalue weighted by molar-refractivity contribution is 14.1. The molecule has 0 spiro atoms. The van der Waals surface area contributed by atoms with Crippen molar-refractivity contribution in [3.63, 3.8) is 0 Å². The molecule has 100 valence electrons. The molecule has 0 saturated carbocycles. The number of benzene rings is 1. The first kappa shape index (κ1) is 15.9. The van der Waals surface area contributed by atoms with Crippen LogP contribution in [0.4, 0.5) is 0 Å². The number of unbranched alkanes of at least 4 members (excludes halogenated alkanes) is 4. The summed E-state index contributed by atoms with van der Waals surface area (Å²) in [7, 11) is 1.66. The summed E-state index contributed by atoms with van der Waals surface area (Å²) in [5.74, 6) is 10.3. The van der Waals surface area contributed by atoms with Gasteiger partial charge in [0.05, 0.1) is 7.11 Å². The standard InChI is InChI=1S/C17H19IO/c1-3-4-5-6-7-8-9-15-10-11-17(19-2)14-16(15)12-13-18/h10-11,14H,3-7H2,1-2H3. The van der Waals surface area contributed by atoms with Gasteiger partial charge in [-0.15, -0.1) is 0 Å². The average molecular weight is 366 g/mol. The molecular formula is C17H19IO. The van der Waals surface area contributed by atoms with Gasteiger partial charge in [-0.2, -0.15) is 0 Å². The lowest BCUT2D eigenvalue weighted by Crippen LogP contribution is -1.88. The van der Waals surface area contributed by atoms with Crippen molar-refractivity contribution in [3.8, 4) is 27.4 Å². The van der Waals surface area contributed by atoms with Crippen LogP contribution in [0, 0.1) is 21.7 Å². The van der Waals surface area contributed by atoms with Crippen LogP contribution in [0.15, 0.2) is 18.2 Å². The molecule has 0 radical (unpaired) electrons. The van der Waals surface area contributed by atoms with E-state index in [-0.39, 0.29) is 0 Å². The van der Waals surface area contributed by atoms with E-state index in [4.69, 9.17) is 4.74 Å². The van der Waals surface area contributed by atoms with E-state index in [1.54, 1.807) is 7.11 Å². The van der Waals surface area contributed by atoms with E-state index < -0.39 is 0 Å². The summed E-state index contributed by atoms with van der Waals surface area (Å²) in [4.78, 5) is 0. The van der Waals surface area contributed by atoms with Gasteiger partial charge in [-0.05, 0) is 28.5 Å². The fraction of sp³-hybridized carbons (Fsp3) is 0.412. The summed E-state index contributed by atoms with van der Waals surface area (Å²) in [5, 5.41) is 0. The maximum atomic E-state index is 5.21. The Labute approximate surface area is 130 Å². The Morgan fingerprint density at radius 3 is 2.63 bits per heavy atom. The van der Waals surface area contributed by atoms with E-state index in [1.807, 2.05) is 40.8 Å². The van der Waals surface area contributed by atoms with Crippen molar-refractivity contribution in [2.75, 3.05) is 7.11 Å². The van der Waals surface area contributed by atoms with Gasteiger partial charge in [0.15, 0.2) is 0 Å². The third kappa shape index (κ3) is 6.03. The molecule has 0 aliphatic heterocycles. The Morgan fingerprint density at radius 2 is 1.95 bits per heavy atom. The summed E-state index contributed by atoms with van der Waals surface area (Å²) < 4.78 is 8.10. The second-order valence-electron chi connectivity index (χ2n) is 4.24. The first-order valence-electron chi connectivity index (χ1n) is 6.60. The van der Waals surface area contributed by atoms with Crippen LogP contribution in [0.3, 0.4) is 0 Å². The van der Waals surface area contributed by atoms with Crippen molar-refractivity contribution >= 4 is 22.6 Å². The minimum absolute atomic E-state index is 0.822. The maximum absolute atomic E-state index is 5.21. The van der Waals surface area contributed by atoms with Crippen molar-refractivity contribution in [1.82, 2.24) is 0 Å². The summed E-state index contributed by atoms with van der Waals surface area (Å²) in [6, 6.07) is 5.85. The predicted octanol–water partition coefficient (Wildman–Crippen LogP) is 4.76. The highest BCUT2D eigenvalue weighted by Crippen LogP contribution is 2.16. The Balaban J connectivity index is 2.71. The van der Waals surface area contributed by atoms with Crippen LogP contribution >= 0.6 is 22.6 Å². The summed E-state index contributed by atoms with van der Waals surface area (Å²) in [6.07, 6.45) is 5.98. The quantitative estimate of drug-likeness (QED) is 0.415. The van der Waals surface area contributed by atoms with E-state index >= 15 is 0 Å². The minimum atomic E-state index is 0.822. The van der Waals surface area contributed by atoms with Crippen molar-refractivity contribution < 1.29 is 4.74 Å². The minimum Gasteiger partial charge on any atom is -0.497 e. The lowest BCUT2D eigenvalue weighted by molar-refractivity contribution is 0.414. The van der Waals surface area contributed by atoms with Gasteiger partial charge in [-0.3, -0.25) is 0 Å². The molecule has 0 fully saturated rings. The van der Waals surface area contributed by atoms with Crippen LogP contribution in [0.1, 0.15) is 50.2 Å². The van der Waals surface area contributed by atoms with E-state index in [0.717, 1.165) is 23.3 Å². The first-order valence-corrected chi connectivity index (χ1v) is 7.68. The predicted molar refractivity (Wildman–Crippen MR) is 89.5 cm³/mol. The molecule has 1 nitrogen and oxygen atoms in total. The van der Waals surface area contributed by atoms with Gasteiger partial charge in [-0.25, -0.2) is 0 Å². The van der Waals surface area contributed by atoms with Crippen LogP contribution in [-0.2, 0) is 0 Å². The second-order valence-corrected chi connectivity index (χ2v) is 4.78. The number of rotatable bonds is 5. The Morgan fingerprint density at radius 1 is 1.11 bits per heavy atom. The number of halogens is 1. The molecule has 0 aromatic heterocycles.